The number of carbonyl (C=O) groups excluding carboxylic acids is 1. The van der Waals surface area contributed by atoms with Crippen molar-refractivity contribution in [2.45, 2.75) is 57.5 Å². The number of aromatic amines is 1. The summed E-state index contributed by atoms with van der Waals surface area (Å²) in [5.41, 5.74) is 1.91. The van der Waals surface area contributed by atoms with Gasteiger partial charge in [-0.1, -0.05) is 6.42 Å². The van der Waals surface area contributed by atoms with Crippen LogP contribution in [0.1, 0.15) is 53.4 Å². The Bertz CT molecular complexity index is 1140. The van der Waals surface area contributed by atoms with E-state index in [1.54, 1.807) is 6.92 Å². The number of nitrogens with one attached hydrogen (secondary N) is 2. The van der Waals surface area contributed by atoms with Crippen molar-refractivity contribution in [3.8, 4) is 5.75 Å². The molecule has 8 nitrogen and oxygen atoms in total. The molecule has 168 valence electrons. The fourth-order valence-corrected chi connectivity index (χ4v) is 5.83. The van der Waals surface area contributed by atoms with Crippen molar-refractivity contribution in [2.75, 3.05) is 13.7 Å². The number of rotatable bonds is 6. The van der Waals surface area contributed by atoms with Crippen LogP contribution in [0.4, 0.5) is 0 Å². The number of methoxy groups -OCH3 is 1. The topological polar surface area (TPSA) is 109 Å². The lowest BCUT2D eigenvalue weighted by Gasteiger charge is -2.32. The van der Waals surface area contributed by atoms with Gasteiger partial charge in [-0.25, -0.2) is 8.42 Å². The van der Waals surface area contributed by atoms with Gasteiger partial charge in [-0.2, -0.15) is 4.31 Å². The van der Waals surface area contributed by atoms with Crippen LogP contribution in [-0.2, 0) is 16.6 Å². The molecule has 2 aromatic rings. The van der Waals surface area contributed by atoms with Crippen LogP contribution in [0.2, 0.25) is 0 Å². The number of sulfonamides is 1. The maximum Gasteiger partial charge on any atom is 0.253 e. The Morgan fingerprint density at radius 3 is 2.65 bits per heavy atom. The predicted molar refractivity (Wildman–Crippen MR) is 118 cm³/mol. The molecular weight excluding hydrogens is 418 g/mol. The van der Waals surface area contributed by atoms with Crippen LogP contribution in [0.3, 0.4) is 0 Å². The number of carbonyl (C=O) groups is 1. The molecule has 0 spiro atoms. The third-order valence-electron chi connectivity index (χ3n) is 5.67. The molecule has 2 N–H and O–H groups in total. The van der Waals surface area contributed by atoms with Crippen LogP contribution in [0.5, 0.6) is 5.75 Å². The third-order valence-corrected chi connectivity index (χ3v) is 7.71. The molecule has 2 heterocycles. The van der Waals surface area contributed by atoms with Crippen LogP contribution in [-0.4, -0.2) is 43.3 Å². The minimum Gasteiger partial charge on any atom is -0.495 e. The van der Waals surface area contributed by atoms with Crippen molar-refractivity contribution in [2.24, 2.45) is 0 Å². The fourth-order valence-electron chi connectivity index (χ4n) is 3.95. The second-order valence-corrected chi connectivity index (χ2v) is 9.81. The van der Waals surface area contributed by atoms with Crippen molar-refractivity contribution >= 4 is 15.9 Å². The molecule has 1 aromatic carbocycles. The molecule has 1 aliphatic rings. The van der Waals surface area contributed by atoms with E-state index in [0.29, 0.717) is 12.1 Å². The largest absolute Gasteiger partial charge is 0.495 e. The summed E-state index contributed by atoms with van der Waals surface area (Å²) in [6.45, 7) is 5.97. The highest BCUT2D eigenvalue weighted by atomic mass is 32.2. The van der Waals surface area contributed by atoms with E-state index in [9.17, 15) is 18.0 Å². The number of aryl methyl sites for hydroxylation is 2. The zero-order valence-electron chi connectivity index (χ0n) is 18.3. The first-order chi connectivity index (χ1) is 14.6. The summed E-state index contributed by atoms with van der Waals surface area (Å²) in [4.78, 5) is 27.6. The summed E-state index contributed by atoms with van der Waals surface area (Å²) < 4.78 is 33.4. The van der Waals surface area contributed by atoms with Gasteiger partial charge in [-0.3, -0.25) is 9.59 Å². The molecule has 3 rings (SSSR count). The van der Waals surface area contributed by atoms with Gasteiger partial charge in [0.2, 0.25) is 10.0 Å². The molecule has 9 heteroatoms. The highest BCUT2D eigenvalue weighted by Crippen LogP contribution is 2.31. The average Bonchev–Trinajstić information content (AvgIpc) is 2.72. The first-order valence-corrected chi connectivity index (χ1v) is 11.8. The van der Waals surface area contributed by atoms with Crippen LogP contribution in [0, 0.1) is 13.8 Å². The Labute approximate surface area is 182 Å². The number of nitrogens with zero attached hydrogens (tertiary/aromatic N) is 1. The molecule has 1 saturated heterocycles. The zero-order chi connectivity index (χ0) is 22.8. The van der Waals surface area contributed by atoms with Crippen LogP contribution in [0.15, 0.2) is 34.0 Å². The lowest BCUT2D eigenvalue weighted by atomic mass is 10.1. The number of amides is 1. The van der Waals surface area contributed by atoms with Crippen LogP contribution < -0.4 is 15.6 Å². The molecule has 0 radical (unpaired) electrons. The molecule has 0 unspecified atom stereocenters. The Balaban J connectivity index is 1.88. The van der Waals surface area contributed by atoms with E-state index in [-0.39, 0.29) is 34.4 Å². The molecule has 1 aromatic heterocycles. The highest BCUT2D eigenvalue weighted by Gasteiger charge is 2.33. The van der Waals surface area contributed by atoms with Crippen molar-refractivity contribution in [1.82, 2.24) is 14.6 Å². The highest BCUT2D eigenvalue weighted by molar-refractivity contribution is 7.89. The monoisotopic (exact) mass is 447 g/mol. The summed E-state index contributed by atoms with van der Waals surface area (Å²) in [6, 6.07) is 6.06. The van der Waals surface area contributed by atoms with Gasteiger partial charge in [0, 0.05) is 36.0 Å². The number of H-pyrrole nitrogens is 1. The fraction of sp³-hybridized carbons (Fsp3) is 0.455. The molecule has 1 atom stereocenters. The molecule has 31 heavy (non-hydrogen) atoms. The van der Waals surface area contributed by atoms with Gasteiger partial charge < -0.3 is 15.0 Å². The number of aromatic nitrogens is 1. The molecule has 0 bridgehead atoms. The maximum atomic E-state index is 13.3. The summed E-state index contributed by atoms with van der Waals surface area (Å²) in [5, 5.41) is 2.71. The Kier molecular flexibility index (Phi) is 6.86. The lowest BCUT2D eigenvalue weighted by Crippen LogP contribution is -2.42. The Morgan fingerprint density at radius 2 is 2.00 bits per heavy atom. The number of piperidine rings is 1. The summed E-state index contributed by atoms with van der Waals surface area (Å²) in [5.74, 6) is -0.273. The van der Waals surface area contributed by atoms with Gasteiger partial charge >= 0.3 is 0 Å². The predicted octanol–water partition coefficient (Wildman–Crippen LogP) is 2.49. The number of benzene rings is 1. The maximum absolute atomic E-state index is 13.3. The minimum absolute atomic E-state index is 0.0271. The standard InChI is InChI=1S/C22H29N3O5S/c1-14-11-15(2)24-22(27)18(14)13-23-21(26)17-8-9-19(30-4)20(12-17)31(28,29)25-10-6-5-7-16(25)3/h8-9,11-12,16H,5-7,10,13H2,1-4H3,(H,23,26)(H,24,27)/t16-/m1/s1. The van der Waals surface area contributed by atoms with E-state index in [1.165, 1.54) is 29.6 Å². The molecule has 1 fully saturated rings. The minimum atomic E-state index is -3.82. The quantitative estimate of drug-likeness (QED) is 0.707. The zero-order valence-corrected chi connectivity index (χ0v) is 19.1. The SMILES string of the molecule is COc1ccc(C(=O)NCc2c(C)cc(C)[nH]c2=O)cc1S(=O)(=O)N1CCCC[C@H]1C. The van der Waals surface area contributed by atoms with E-state index < -0.39 is 15.9 Å². The van der Waals surface area contributed by atoms with Gasteiger partial charge in [0.15, 0.2) is 0 Å². The number of ether oxygens (including phenoxy) is 1. The molecule has 0 saturated carbocycles. The Morgan fingerprint density at radius 1 is 1.26 bits per heavy atom. The second-order valence-electron chi connectivity index (χ2n) is 7.95. The number of pyridine rings is 1. The third kappa shape index (κ3) is 4.83. The normalized spacial score (nSPS) is 17.4. The van der Waals surface area contributed by atoms with Gasteiger partial charge in [0.05, 0.1) is 7.11 Å². The van der Waals surface area contributed by atoms with Crippen LogP contribution >= 0.6 is 0 Å². The number of hydrogen-bond acceptors (Lipinski definition) is 5. The molecule has 1 aliphatic heterocycles. The van der Waals surface area contributed by atoms with Gasteiger partial charge in [-0.05, 0) is 63.4 Å². The average molecular weight is 448 g/mol. The Hall–Kier alpha value is -2.65. The van der Waals surface area contributed by atoms with Gasteiger partial charge in [0.1, 0.15) is 10.6 Å². The van der Waals surface area contributed by atoms with E-state index >= 15 is 0 Å². The summed E-state index contributed by atoms with van der Waals surface area (Å²) in [6.07, 6.45) is 2.59. The smallest absolute Gasteiger partial charge is 0.253 e. The first kappa shape index (κ1) is 23.0. The van der Waals surface area contributed by atoms with Crippen LogP contribution in [0.25, 0.3) is 0 Å². The molecule has 1 amide bonds. The summed E-state index contributed by atoms with van der Waals surface area (Å²) in [7, 11) is -2.42. The lowest BCUT2D eigenvalue weighted by molar-refractivity contribution is 0.0950. The van der Waals surface area contributed by atoms with E-state index in [2.05, 4.69) is 10.3 Å². The van der Waals surface area contributed by atoms with Gasteiger partial charge in [0.25, 0.3) is 11.5 Å². The summed E-state index contributed by atoms with van der Waals surface area (Å²) >= 11 is 0. The number of hydrogen-bond donors (Lipinski definition) is 2. The van der Waals surface area contributed by atoms with E-state index in [1.807, 2.05) is 19.9 Å². The van der Waals surface area contributed by atoms with Crippen molar-refractivity contribution < 1.29 is 17.9 Å². The van der Waals surface area contributed by atoms with Crippen molar-refractivity contribution in [3.63, 3.8) is 0 Å². The first-order valence-electron chi connectivity index (χ1n) is 10.3. The van der Waals surface area contributed by atoms with Gasteiger partial charge in [-0.15, -0.1) is 0 Å². The molecule has 0 aliphatic carbocycles. The van der Waals surface area contributed by atoms with E-state index in [0.717, 1.165) is 30.5 Å². The second kappa shape index (κ2) is 9.23. The van der Waals surface area contributed by atoms with Crippen molar-refractivity contribution in [3.05, 3.63) is 57.0 Å². The van der Waals surface area contributed by atoms with E-state index in [4.69, 9.17) is 4.74 Å². The van der Waals surface area contributed by atoms with Crippen molar-refractivity contribution in [1.29, 1.82) is 0 Å². The molecular formula is C22H29N3O5S.